The maximum Gasteiger partial charge on any atom is 0.0539 e. The van der Waals surface area contributed by atoms with Gasteiger partial charge in [0.05, 0.1) is 6.20 Å². The fourth-order valence-electron chi connectivity index (χ4n) is 2.88. The van der Waals surface area contributed by atoms with Crippen molar-refractivity contribution < 1.29 is 0 Å². The van der Waals surface area contributed by atoms with Crippen molar-refractivity contribution in [3.63, 3.8) is 0 Å². The SMILES string of the molecule is CCn1cc(CNc2ccccc2CN2CCCC2)cn1. The number of nitrogens with zero attached hydrogens (tertiary/aromatic N) is 3. The fourth-order valence-corrected chi connectivity index (χ4v) is 2.88. The largest absolute Gasteiger partial charge is 0.381 e. The molecule has 1 aliphatic heterocycles. The maximum absolute atomic E-state index is 4.32. The molecule has 0 unspecified atom stereocenters. The summed E-state index contributed by atoms with van der Waals surface area (Å²) in [6, 6.07) is 8.64. The molecular formula is C17H24N4. The Bertz CT molecular complexity index is 570. The molecule has 1 aliphatic rings. The smallest absolute Gasteiger partial charge is 0.0539 e. The van der Waals surface area contributed by atoms with Gasteiger partial charge in [-0.25, -0.2) is 0 Å². The van der Waals surface area contributed by atoms with E-state index in [0.717, 1.165) is 19.6 Å². The molecule has 21 heavy (non-hydrogen) atoms. The molecule has 1 N–H and O–H groups in total. The van der Waals surface area contributed by atoms with Crippen LogP contribution < -0.4 is 5.32 Å². The van der Waals surface area contributed by atoms with Crippen molar-refractivity contribution in [1.82, 2.24) is 14.7 Å². The summed E-state index contributed by atoms with van der Waals surface area (Å²) in [4.78, 5) is 2.54. The molecule has 3 rings (SSSR count). The number of aromatic nitrogens is 2. The summed E-state index contributed by atoms with van der Waals surface area (Å²) in [7, 11) is 0. The maximum atomic E-state index is 4.32. The summed E-state index contributed by atoms with van der Waals surface area (Å²) in [5.74, 6) is 0. The molecule has 4 heteroatoms. The van der Waals surface area contributed by atoms with Gasteiger partial charge in [-0.15, -0.1) is 0 Å². The summed E-state index contributed by atoms with van der Waals surface area (Å²) < 4.78 is 1.97. The normalized spacial score (nSPS) is 15.5. The molecule has 1 saturated heterocycles. The lowest BCUT2D eigenvalue weighted by molar-refractivity contribution is 0.332. The second-order valence-corrected chi connectivity index (χ2v) is 5.70. The zero-order valence-corrected chi connectivity index (χ0v) is 12.8. The van der Waals surface area contributed by atoms with Gasteiger partial charge in [-0.05, 0) is 44.5 Å². The minimum Gasteiger partial charge on any atom is -0.381 e. The Labute approximate surface area is 126 Å². The Morgan fingerprint density at radius 2 is 2.00 bits per heavy atom. The van der Waals surface area contributed by atoms with Crippen molar-refractivity contribution in [2.45, 2.75) is 39.4 Å². The predicted octanol–water partition coefficient (Wildman–Crippen LogP) is 3.11. The van der Waals surface area contributed by atoms with Crippen molar-refractivity contribution in [2.24, 2.45) is 0 Å². The van der Waals surface area contributed by atoms with E-state index < -0.39 is 0 Å². The highest BCUT2D eigenvalue weighted by Crippen LogP contribution is 2.20. The summed E-state index contributed by atoms with van der Waals surface area (Å²) in [5.41, 5.74) is 3.86. The molecule has 2 aromatic rings. The number of benzene rings is 1. The van der Waals surface area contributed by atoms with E-state index in [-0.39, 0.29) is 0 Å². The number of nitrogens with one attached hydrogen (secondary N) is 1. The topological polar surface area (TPSA) is 33.1 Å². The molecule has 2 heterocycles. The van der Waals surface area contributed by atoms with Crippen LogP contribution in [0.5, 0.6) is 0 Å². The van der Waals surface area contributed by atoms with Gasteiger partial charge in [0.2, 0.25) is 0 Å². The highest BCUT2D eigenvalue weighted by Gasteiger charge is 2.13. The third-order valence-corrected chi connectivity index (χ3v) is 4.10. The van der Waals surface area contributed by atoms with E-state index in [0.29, 0.717) is 0 Å². The Morgan fingerprint density at radius 3 is 2.76 bits per heavy atom. The van der Waals surface area contributed by atoms with E-state index in [1.165, 1.54) is 42.7 Å². The summed E-state index contributed by atoms with van der Waals surface area (Å²) >= 11 is 0. The Balaban J connectivity index is 1.64. The molecule has 0 bridgehead atoms. The molecule has 1 fully saturated rings. The van der Waals surface area contributed by atoms with E-state index in [1.807, 2.05) is 10.9 Å². The monoisotopic (exact) mass is 284 g/mol. The van der Waals surface area contributed by atoms with Crippen LogP contribution >= 0.6 is 0 Å². The Kier molecular flexibility index (Phi) is 4.55. The minimum atomic E-state index is 0.830. The van der Waals surface area contributed by atoms with Crippen LogP contribution in [0.2, 0.25) is 0 Å². The van der Waals surface area contributed by atoms with Crippen molar-refractivity contribution in [2.75, 3.05) is 18.4 Å². The molecule has 0 atom stereocenters. The molecule has 4 nitrogen and oxygen atoms in total. The van der Waals surface area contributed by atoms with Crippen LogP contribution in [0, 0.1) is 0 Å². The summed E-state index contributed by atoms with van der Waals surface area (Å²) in [6.45, 7) is 7.38. The van der Waals surface area contributed by atoms with Gasteiger partial charge >= 0.3 is 0 Å². The van der Waals surface area contributed by atoms with Crippen molar-refractivity contribution in [3.05, 3.63) is 47.8 Å². The zero-order chi connectivity index (χ0) is 14.5. The minimum absolute atomic E-state index is 0.830. The third-order valence-electron chi connectivity index (χ3n) is 4.10. The number of hydrogen-bond donors (Lipinski definition) is 1. The predicted molar refractivity (Wildman–Crippen MR) is 86.2 cm³/mol. The van der Waals surface area contributed by atoms with Gasteiger partial charge < -0.3 is 5.32 Å². The number of rotatable bonds is 6. The number of anilines is 1. The lowest BCUT2D eigenvalue weighted by Gasteiger charge is -2.18. The molecule has 0 spiro atoms. The van der Waals surface area contributed by atoms with Gasteiger partial charge in [0, 0.05) is 37.1 Å². The molecule has 1 aromatic heterocycles. The highest BCUT2D eigenvalue weighted by atomic mass is 15.3. The van der Waals surface area contributed by atoms with Crippen LogP contribution in [-0.2, 0) is 19.6 Å². The molecule has 0 saturated carbocycles. The second-order valence-electron chi connectivity index (χ2n) is 5.70. The molecule has 112 valence electrons. The molecule has 0 radical (unpaired) electrons. The average molecular weight is 284 g/mol. The van der Waals surface area contributed by atoms with E-state index in [9.17, 15) is 0 Å². The van der Waals surface area contributed by atoms with Gasteiger partial charge in [0.1, 0.15) is 0 Å². The van der Waals surface area contributed by atoms with Crippen LogP contribution in [0.1, 0.15) is 30.9 Å². The number of hydrogen-bond acceptors (Lipinski definition) is 3. The first-order valence-electron chi connectivity index (χ1n) is 7.90. The van der Waals surface area contributed by atoms with Crippen molar-refractivity contribution in [3.8, 4) is 0 Å². The van der Waals surface area contributed by atoms with E-state index in [2.05, 4.69) is 52.7 Å². The standard InChI is InChI=1S/C17H24N4/c1-2-21-13-15(12-19-21)11-18-17-8-4-3-7-16(17)14-20-9-5-6-10-20/h3-4,7-8,12-13,18H,2,5-6,9-11,14H2,1H3. The van der Waals surface area contributed by atoms with Crippen LogP contribution in [0.25, 0.3) is 0 Å². The molecule has 1 aromatic carbocycles. The Morgan fingerprint density at radius 1 is 1.19 bits per heavy atom. The lowest BCUT2D eigenvalue weighted by atomic mass is 10.1. The second kappa shape index (κ2) is 6.76. The van der Waals surface area contributed by atoms with E-state index in [1.54, 1.807) is 0 Å². The highest BCUT2D eigenvalue weighted by molar-refractivity contribution is 5.51. The molecular weight excluding hydrogens is 260 g/mol. The Hall–Kier alpha value is -1.81. The van der Waals surface area contributed by atoms with Gasteiger partial charge in [-0.3, -0.25) is 9.58 Å². The van der Waals surface area contributed by atoms with Crippen LogP contribution in [-0.4, -0.2) is 27.8 Å². The average Bonchev–Trinajstić information content (AvgIpc) is 3.17. The summed E-state index contributed by atoms with van der Waals surface area (Å²) in [5, 5.41) is 7.88. The number of aryl methyl sites for hydroxylation is 1. The van der Waals surface area contributed by atoms with Gasteiger partial charge in [-0.2, -0.15) is 5.10 Å². The first-order chi connectivity index (χ1) is 10.3. The summed E-state index contributed by atoms with van der Waals surface area (Å²) in [6.07, 6.45) is 6.73. The van der Waals surface area contributed by atoms with Gasteiger partial charge in [0.15, 0.2) is 0 Å². The quantitative estimate of drug-likeness (QED) is 0.885. The number of likely N-dealkylation sites (tertiary alicyclic amines) is 1. The third kappa shape index (κ3) is 3.64. The van der Waals surface area contributed by atoms with Crippen molar-refractivity contribution in [1.29, 1.82) is 0 Å². The fraction of sp³-hybridized carbons (Fsp3) is 0.471. The van der Waals surface area contributed by atoms with Crippen LogP contribution in [0.15, 0.2) is 36.7 Å². The van der Waals surface area contributed by atoms with E-state index in [4.69, 9.17) is 0 Å². The number of para-hydroxylation sites is 1. The zero-order valence-electron chi connectivity index (χ0n) is 12.8. The van der Waals surface area contributed by atoms with Crippen molar-refractivity contribution >= 4 is 5.69 Å². The first kappa shape index (κ1) is 14.1. The first-order valence-corrected chi connectivity index (χ1v) is 7.90. The van der Waals surface area contributed by atoms with Crippen LogP contribution in [0.4, 0.5) is 5.69 Å². The lowest BCUT2D eigenvalue weighted by Crippen LogP contribution is -2.19. The van der Waals surface area contributed by atoms with Crippen LogP contribution in [0.3, 0.4) is 0 Å². The van der Waals surface area contributed by atoms with Gasteiger partial charge in [-0.1, -0.05) is 18.2 Å². The van der Waals surface area contributed by atoms with E-state index >= 15 is 0 Å². The molecule has 0 aliphatic carbocycles. The molecule has 0 amide bonds. The van der Waals surface area contributed by atoms with Gasteiger partial charge in [0.25, 0.3) is 0 Å².